The van der Waals surface area contributed by atoms with Gasteiger partial charge in [-0.25, -0.2) is 0 Å². The van der Waals surface area contributed by atoms with Gasteiger partial charge in [-0.3, -0.25) is 0 Å². The molecule has 4 rings (SSSR count). The highest BCUT2D eigenvalue weighted by Crippen LogP contribution is 2.47. The Bertz CT molecular complexity index is 826. The van der Waals surface area contributed by atoms with Crippen molar-refractivity contribution in [2.75, 3.05) is 0 Å². The Morgan fingerprint density at radius 2 is 1.06 bits per heavy atom. The van der Waals surface area contributed by atoms with Gasteiger partial charge in [0.2, 0.25) is 0 Å². The van der Waals surface area contributed by atoms with E-state index in [-0.39, 0.29) is 0 Å². The molecular formula is C14H6Br2S2. The molecule has 0 saturated heterocycles. The summed E-state index contributed by atoms with van der Waals surface area (Å²) in [5.74, 6) is 0. The summed E-state index contributed by atoms with van der Waals surface area (Å²) in [5, 5.41) is 2.72. The molecule has 0 amide bonds. The van der Waals surface area contributed by atoms with E-state index >= 15 is 0 Å². The number of rotatable bonds is 0. The number of hydrogen-bond acceptors (Lipinski definition) is 2. The van der Waals surface area contributed by atoms with Gasteiger partial charge in [-0.15, -0.1) is 22.7 Å². The predicted octanol–water partition coefficient (Wildman–Crippen LogP) is 6.79. The fourth-order valence-corrected chi connectivity index (χ4v) is 6.10. The molecule has 0 aliphatic heterocycles. The van der Waals surface area contributed by atoms with Crippen LogP contribution in [0.15, 0.2) is 45.3 Å². The molecule has 4 heteroatoms. The summed E-state index contributed by atoms with van der Waals surface area (Å²) in [5.41, 5.74) is 0. The topological polar surface area (TPSA) is 0 Å². The number of fused-ring (bicyclic) bond motifs is 5. The van der Waals surface area contributed by atoms with Gasteiger partial charge in [-0.2, -0.15) is 0 Å². The maximum absolute atomic E-state index is 3.64. The second kappa shape index (κ2) is 4.04. The Morgan fingerprint density at radius 3 is 1.50 bits per heavy atom. The van der Waals surface area contributed by atoms with Gasteiger partial charge in [0.05, 0.1) is 18.8 Å². The predicted molar refractivity (Wildman–Crippen MR) is 90.1 cm³/mol. The zero-order valence-corrected chi connectivity index (χ0v) is 13.8. The first-order valence-electron chi connectivity index (χ1n) is 5.43. The minimum atomic E-state index is 1.19. The molecule has 0 fully saturated rings. The quantitative estimate of drug-likeness (QED) is 0.306. The lowest BCUT2D eigenvalue weighted by atomic mass is 10.2. The van der Waals surface area contributed by atoms with Gasteiger partial charge < -0.3 is 0 Å². The third kappa shape index (κ3) is 1.46. The lowest BCUT2D eigenvalue weighted by Crippen LogP contribution is -1.64. The molecule has 4 aromatic rings. The van der Waals surface area contributed by atoms with E-state index in [0.717, 1.165) is 0 Å². The molecule has 2 aromatic heterocycles. The molecule has 2 heterocycles. The van der Waals surface area contributed by atoms with E-state index < -0.39 is 0 Å². The van der Waals surface area contributed by atoms with E-state index in [4.69, 9.17) is 0 Å². The summed E-state index contributed by atoms with van der Waals surface area (Å²) in [7, 11) is 0. The number of halogens is 2. The zero-order chi connectivity index (χ0) is 12.3. The van der Waals surface area contributed by atoms with Crippen molar-refractivity contribution in [1.82, 2.24) is 0 Å². The van der Waals surface area contributed by atoms with Crippen molar-refractivity contribution in [1.29, 1.82) is 0 Å². The third-order valence-corrected chi connectivity index (χ3v) is 7.56. The van der Waals surface area contributed by atoms with Gasteiger partial charge in [0.25, 0.3) is 0 Å². The number of hydrogen-bond donors (Lipinski definition) is 0. The second-order valence-electron chi connectivity index (χ2n) is 4.10. The lowest BCUT2D eigenvalue weighted by molar-refractivity contribution is 1.81. The van der Waals surface area contributed by atoms with E-state index in [1.54, 1.807) is 0 Å². The van der Waals surface area contributed by atoms with Crippen LogP contribution in [-0.2, 0) is 0 Å². The van der Waals surface area contributed by atoms with Crippen molar-refractivity contribution < 1.29 is 0 Å². The molecule has 2 aromatic carbocycles. The van der Waals surface area contributed by atoms with Crippen LogP contribution in [0.25, 0.3) is 29.6 Å². The molecule has 0 radical (unpaired) electrons. The molecule has 0 aliphatic rings. The van der Waals surface area contributed by atoms with Gasteiger partial charge >= 0.3 is 0 Å². The molecule has 0 N–H and O–H groups in total. The minimum Gasteiger partial charge on any atom is -0.132 e. The smallest absolute Gasteiger partial charge is 0.0542 e. The Morgan fingerprint density at radius 1 is 0.611 bits per heavy atom. The summed E-state index contributed by atoms with van der Waals surface area (Å²) >= 11 is 11.0. The average Bonchev–Trinajstić information content (AvgIpc) is 2.88. The molecular weight excluding hydrogens is 392 g/mol. The van der Waals surface area contributed by atoms with Crippen molar-refractivity contribution in [3.05, 3.63) is 45.3 Å². The number of benzene rings is 2. The van der Waals surface area contributed by atoms with Crippen molar-refractivity contribution in [3.8, 4) is 0 Å². The largest absolute Gasteiger partial charge is 0.132 e. The molecule has 88 valence electrons. The normalized spacial score (nSPS) is 11.9. The van der Waals surface area contributed by atoms with Crippen LogP contribution < -0.4 is 0 Å². The van der Waals surface area contributed by atoms with Crippen LogP contribution in [0.5, 0.6) is 0 Å². The Kier molecular flexibility index (Phi) is 2.56. The Balaban J connectivity index is 2.32. The second-order valence-corrected chi connectivity index (χ2v) is 7.85. The van der Waals surface area contributed by atoms with Crippen molar-refractivity contribution >= 4 is 84.1 Å². The van der Waals surface area contributed by atoms with Crippen LogP contribution in [-0.4, -0.2) is 0 Å². The SMILES string of the molecule is Brc1cccc2c1sc1c3cccc(Br)c3sc21. The van der Waals surface area contributed by atoms with Gasteiger partial charge in [0, 0.05) is 19.7 Å². The molecule has 0 bridgehead atoms. The summed E-state index contributed by atoms with van der Waals surface area (Å²) in [6.45, 7) is 0. The first-order chi connectivity index (χ1) is 8.75. The summed E-state index contributed by atoms with van der Waals surface area (Å²) in [6, 6.07) is 12.9. The van der Waals surface area contributed by atoms with E-state index in [1.165, 1.54) is 38.5 Å². The molecule has 0 unspecified atom stereocenters. The highest BCUT2D eigenvalue weighted by Gasteiger charge is 2.14. The highest BCUT2D eigenvalue weighted by molar-refractivity contribution is 9.11. The van der Waals surface area contributed by atoms with Crippen molar-refractivity contribution in [2.24, 2.45) is 0 Å². The fourth-order valence-electron chi connectivity index (χ4n) is 2.23. The Hall–Kier alpha value is -0.420. The van der Waals surface area contributed by atoms with Crippen LogP contribution in [0, 0.1) is 0 Å². The van der Waals surface area contributed by atoms with Gasteiger partial charge in [0.1, 0.15) is 0 Å². The van der Waals surface area contributed by atoms with Crippen LogP contribution in [0.1, 0.15) is 0 Å². The van der Waals surface area contributed by atoms with E-state index in [9.17, 15) is 0 Å². The van der Waals surface area contributed by atoms with Crippen LogP contribution in [0.4, 0.5) is 0 Å². The standard InChI is InChI=1S/C14H6Br2S2/c15-9-5-1-3-7-11(9)17-14-8-4-2-6-10(16)12(8)18-13(7)14/h1-6H. The number of thiophene rings is 2. The molecule has 0 nitrogen and oxygen atoms in total. The van der Waals surface area contributed by atoms with Crippen molar-refractivity contribution in [2.45, 2.75) is 0 Å². The molecule has 0 atom stereocenters. The van der Waals surface area contributed by atoms with Gasteiger partial charge in [-0.1, -0.05) is 24.3 Å². The summed E-state index contributed by atoms with van der Waals surface area (Å²) < 4.78 is 7.88. The van der Waals surface area contributed by atoms with Crippen LogP contribution in [0.2, 0.25) is 0 Å². The third-order valence-electron chi connectivity index (χ3n) is 3.04. The fraction of sp³-hybridized carbons (Fsp3) is 0. The minimum absolute atomic E-state index is 1.19. The molecule has 0 saturated carbocycles. The lowest BCUT2D eigenvalue weighted by Gasteiger charge is -1.93. The average molecular weight is 398 g/mol. The maximum atomic E-state index is 3.64. The Labute approximate surface area is 128 Å². The van der Waals surface area contributed by atoms with Gasteiger partial charge in [-0.05, 0) is 44.0 Å². The molecule has 0 spiro atoms. The first-order valence-corrected chi connectivity index (χ1v) is 8.65. The van der Waals surface area contributed by atoms with Crippen molar-refractivity contribution in [3.63, 3.8) is 0 Å². The van der Waals surface area contributed by atoms with Crippen LogP contribution >= 0.6 is 54.5 Å². The molecule has 18 heavy (non-hydrogen) atoms. The highest BCUT2D eigenvalue weighted by atomic mass is 79.9. The maximum Gasteiger partial charge on any atom is 0.0542 e. The van der Waals surface area contributed by atoms with Crippen LogP contribution in [0.3, 0.4) is 0 Å². The summed E-state index contributed by atoms with van der Waals surface area (Å²) in [4.78, 5) is 0. The first kappa shape index (κ1) is 11.4. The van der Waals surface area contributed by atoms with Gasteiger partial charge in [0.15, 0.2) is 0 Å². The van der Waals surface area contributed by atoms with E-state index in [2.05, 4.69) is 68.3 Å². The van der Waals surface area contributed by atoms with E-state index in [0.29, 0.717) is 0 Å². The van der Waals surface area contributed by atoms with E-state index in [1.807, 2.05) is 22.7 Å². The zero-order valence-electron chi connectivity index (χ0n) is 9.04. The molecule has 0 aliphatic carbocycles. The summed E-state index contributed by atoms with van der Waals surface area (Å²) in [6.07, 6.45) is 0. The monoisotopic (exact) mass is 396 g/mol.